The standard InChI is InChI=1S/C34H33FO4/c35-28-17-15-26(16-18-28)33-30(22-36-19-24-9-3-1-4-10-24)32-29-14-8-7-13-27(29)21-38-34(32)31(39-33)23-37-20-25-11-5-2-6-12-25/h1-18,30-34H,19-23H2/t30-,31-,32-,33+,34-/m1/s1. The Morgan fingerprint density at radius 3 is 2.00 bits per heavy atom. The summed E-state index contributed by atoms with van der Waals surface area (Å²) in [6.07, 6.45) is -0.770. The van der Waals surface area contributed by atoms with Crippen LogP contribution in [0.4, 0.5) is 4.39 Å². The molecule has 0 amide bonds. The quantitative estimate of drug-likeness (QED) is 0.236. The van der Waals surface area contributed by atoms with E-state index in [9.17, 15) is 4.39 Å². The highest BCUT2D eigenvalue weighted by molar-refractivity contribution is 5.36. The Bertz CT molecular complexity index is 1330. The Morgan fingerprint density at radius 2 is 1.31 bits per heavy atom. The van der Waals surface area contributed by atoms with Crippen molar-refractivity contribution in [1.82, 2.24) is 0 Å². The van der Waals surface area contributed by atoms with Crippen LogP contribution in [-0.4, -0.2) is 25.4 Å². The molecule has 5 atom stereocenters. The lowest BCUT2D eigenvalue weighted by Crippen LogP contribution is -2.52. The maximum absolute atomic E-state index is 13.9. The molecule has 0 saturated carbocycles. The Kier molecular flexibility index (Phi) is 8.12. The fourth-order valence-corrected chi connectivity index (χ4v) is 5.88. The molecule has 1 fully saturated rings. The van der Waals surface area contributed by atoms with E-state index in [2.05, 4.69) is 48.5 Å². The van der Waals surface area contributed by atoms with Crippen LogP contribution in [-0.2, 0) is 38.8 Å². The summed E-state index contributed by atoms with van der Waals surface area (Å²) in [4.78, 5) is 0. The SMILES string of the molecule is Fc1ccc([C@@H]2O[C@H](COCc3ccccc3)[C@H]3OCc4ccccc4[C@@H]3[C@H]2COCc2ccccc2)cc1. The number of benzene rings is 4. The van der Waals surface area contributed by atoms with Crippen molar-refractivity contribution >= 4 is 0 Å². The molecule has 6 rings (SSSR count). The Balaban J connectivity index is 1.30. The van der Waals surface area contributed by atoms with Gasteiger partial charge in [0.25, 0.3) is 0 Å². The molecule has 0 spiro atoms. The molecular weight excluding hydrogens is 491 g/mol. The first-order chi connectivity index (χ1) is 19.3. The molecule has 2 aliphatic heterocycles. The van der Waals surface area contributed by atoms with Gasteiger partial charge >= 0.3 is 0 Å². The highest BCUT2D eigenvalue weighted by Crippen LogP contribution is 2.49. The van der Waals surface area contributed by atoms with E-state index in [1.54, 1.807) is 0 Å². The molecule has 0 aromatic heterocycles. The predicted octanol–water partition coefficient (Wildman–Crippen LogP) is 7.00. The van der Waals surface area contributed by atoms with E-state index >= 15 is 0 Å². The fourth-order valence-electron chi connectivity index (χ4n) is 5.88. The first-order valence-electron chi connectivity index (χ1n) is 13.6. The molecule has 0 N–H and O–H groups in total. The summed E-state index contributed by atoms with van der Waals surface area (Å²) in [5.74, 6) is -0.255. The van der Waals surface area contributed by atoms with Gasteiger partial charge in [0.1, 0.15) is 11.9 Å². The van der Waals surface area contributed by atoms with Gasteiger partial charge in [0.15, 0.2) is 0 Å². The van der Waals surface area contributed by atoms with Crippen molar-refractivity contribution in [2.45, 2.75) is 44.1 Å². The molecule has 39 heavy (non-hydrogen) atoms. The molecule has 2 aliphatic rings. The van der Waals surface area contributed by atoms with E-state index in [-0.39, 0.29) is 36.0 Å². The second-order valence-corrected chi connectivity index (χ2v) is 10.3. The summed E-state index contributed by atoms with van der Waals surface area (Å²) in [6.45, 7) is 2.42. The van der Waals surface area contributed by atoms with Gasteiger partial charge in [0.2, 0.25) is 0 Å². The molecule has 200 valence electrons. The summed E-state index contributed by atoms with van der Waals surface area (Å²) < 4.78 is 39.7. The third-order valence-electron chi connectivity index (χ3n) is 7.75. The Hall–Kier alpha value is -3.35. The van der Waals surface area contributed by atoms with Gasteiger partial charge in [0, 0.05) is 11.8 Å². The second-order valence-electron chi connectivity index (χ2n) is 10.3. The number of rotatable bonds is 9. The third kappa shape index (κ3) is 5.97. The van der Waals surface area contributed by atoms with Crippen LogP contribution in [0, 0.1) is 11.7 Å². The molecule has 1 saturated heterocycles. The summed E-state index contributed by atoms with van der Waals surface area (Å²) in [6, 6.07) is 35.4. The van der Waals surface area contributed by atoms with Crippen molar-refractivity contribution in [1.29, 1.82) is 0 Å². The van der Waals surface area contributed by atoms with Crippen LogP contribution in [0.5, 0.6) is 0 Å². The van der Waals surface area contributed by atoms with Crippen molar-refractivity contribution in [3.63, 3.8) is 0 Å². The fraction of sp³-hybridized carbons (Fsp3) is 0.294. The first kappa shape index (κ1) is 25.9. The number of hydrogen-bond acceptors (Lipinski definition) is 4. The van der Waals surface area contributed by atoms with Crippen molar-refractivity contribution in [2.75, 3.05) is 13.2 Å². The molecular formula is C34H33FO4. The molecule has 0 unspecified atom stereocenters. The van der Waals surface area contributed by atoms with Gasteiger partial charge in [0.05, 0.1) is 45.2 Å². The summed E-state index contributed by atoms with van der Waals surface area (Å²) in [5.41, 5.74) is 5.62. The minimum Gasteiger partial charge on any atom is -0.376 e. The predicted molar refractivity (Wildman–Crippen MR) is 147 cm³/mol. The van der Waals surface area contributed by atoms with Crippen LogP contribution in [0.3, 0.4) is 0 Å². The van der Waals surface area contributed by atoms with Crippen LogP contribution in [0.25, 0.3) is 0 Å². The van der Waals surface area contributed by atoms with E-state index in [0.29, 0.717) is 33.0 Å². The molecule has 4 nitrogen and oxygen atoms in total. The van der Waals surface area contributed by atoms with Gasteiger partial charge in [-0.15, -0.1) is 0 Å². The van der Waals surface area contributed by atoms with Gasteiger partial charge in [-0.1, -0.05) is 97.1 Å². The van der Waals surface area contributed by atoms with Crippen LogP contribution in [0.15, 0.2) is 109 Å². The smallest absolute Gasteiger partial charge is 0.123 e. The highest BCUT2D eigenvalue weighted by atomic mass is 19.1. The largest absolute Gasteiger partial charge is 0.376 e. The summed E-state index contributed by atoms with van der Waals surface area (Å²) >= 11 is 0. The lowest BCUT2D eigenvalue weighted by Gasteiger charge is -2.49. The Labute approximate surface area is 229 Å². The van der Waals surface area contributed by atoms with E-state index in [0.717, 1.165) is 16.7 Å². The zero-order valence-corrected chi connectivity index (χ0v) is 21.8. The number of ether oxygens (including phenoxy) is 4. The lowest BCUT2D eigenvalue weighted by atomic mass is 9.71. The van der Waals surface area contributed by atoms with Gasteiger partial charge in [-0.2, -0.15) is 0 Å². The van der Waals surface area contributed by atoms with Crippen LogP contribution in [0.1, 0.15) is 39.8 Å². The molecule has 2 heterocycles. The van der Waals surface area contributed by atoms with Crippen molar-refractivity contribution in [3.05, 3.63) is 143 Å². The number of hydrogen-bond donors (Lipinski definition) is 0. The maximum atomic E-state index is 13.9. The first-order valence-corrected chi connectivity index (χ1v) is 13.6. The molecule has 0 radical (unpaired) electrons. The summed E-state index contributed by atoms with van der Waals surface area (Å²) in [7, 11) is 0. The molecule has 4 aromatic carbocycles. The van der Waals surface area contributed by atoms with E-state index in [4.69, 9.17) is 18.9 Å². The molecule has 5 heteroatoms. The lowest BCUT2D eigenvalue weighted by molar-refractivity contribution is -0.212. The minimum absolute atomic E-state index is 0.0315. The van der Waals surface area contributed by atoms with Gasteiger partial charge in [-0.05, 0) is 39.9 Å². The number of halogens is 1. The normalized spacial score (nSPS) is 24.1. The number of fused-ring (bicyclic) bond motifs is 3. The van der Waals surface area contributed by atoms with E-state index < -0.39 is 0 Å². The average molecular weight is 525 g/mol. The van der Waals surface area contributed by atoms with E-state index in [1.165, 1.54) is 23.3 Å². The highest BCUT2D eigenvalue weighted by Gasteiger charge is 2.49. The van der Waals surface area contributed by atoms with Crippen molar-refractivity contribution in [3.8, 4) is 0 Å². The van der Waals surface area contributed by atoms with Crippen molar-refractivity contribution < 1.29 is 23.3 Å². The van der Waals surface area contributed by atoms with E-state index in [1.807, 2.05) is 48.5 Å². The van der Waals surface area contributed by atoms with Gasteiger partial charge in [-0.25, -0.2) is 4.39 Å². The average Bonchev–Trinajstić information content (AvgIpc) is 2.99. The molecule has 0 bridgehead atoms. The monoisotopic (exact) mass is 524 g/mol. The van der Waals surface area contributed by atoms with Crippen LogP contribution in [0.2, 0.25) is 0 Å². The molecule has 0 aliphatic carbocycles. The third-order valence-corrected chi connectivity index (χ3v) is 7.75. The van der Waals surface area contributed by atoms with Gasteiger partial charge in [-0.3, -0.25) is 0 Å². The van der Waals surface area contributed by atoms with Gasteiger partial charge < -0.3 is 18.9 Å². The van der Waals surface area contributed by atoms with Crippen LogP contribution >= 0.6 is 0 Å². The zero-order chi connectivity index (χ0) is 26.4. The van der Waals surface area contributed by atoms with Crippen LogP contribution < -0.4 is 0 Å². The second kappa shape index (κ2) is 12.2. The topological polar surface area (TPSA) is 36.9 Å². The Morgan fingerprint density at radius 1 is 0.692 bits per heavy atom. The molecule has 4 aromatic rings. The maximum Gasteiger partial charge on any atom is 0.123 e. The minimum atomic E-state index is -0.303. The van der Waals surface area contributed by atoms with Crippen molar-refractivity contribution in [2.24, 2.45) is 5.92 Å². The summed E-state index contributed by atoms with van der Waals surface area (Å²) in [5, 5.41) is 0. The zero-order valence-electron chi connectivity index (χ0n) is 21.8.